The van der Waals surface area contributed by atoms with Crippen LogP contribution in [0.3, 0.4) is 0 Å². The van der Waals surface area contributed by atoms with E-state index in [1.165, 1.54) is 12.1 Å². The number of morpholine rings is 1. The number of carbonyl (C=O) groups excluding carboxylic acids is 3. The predicted octanol–water partition coefficient (Wildman–Crippen LogP) is 4.47. The number of aromatic amines is 1. The molecule has 3 aliphatic heterocycles. The summed E-state index contributed by atoms with van der Waals surface area (Å²) < 4.78 is 19.4. The van der Waals surface area contributed by atoms with Crippen LogP contribution in [0.2, 0.25) is 10.0 Å². The smallest absolute Gasteiger partial charge is 0.268 e. The van der Waals surface area contributed by atoms with Crippen molar-refractivity contribution < 1.29 is 23.5 Å². The molecule has 0 spiro atoms. The summed E-state index contributed by atoms with van der Waals surface area (Å²) in [6.07, 6.45) is 0.684. The van der Waals surface area contributed by atoms with E-state index >= 15 is 0 Å². The van der Waals surface area contributed by atoms with Gasteiger partial charge in [0.15, 0.2) is 0 Å². The number of amides is 3. The number of ether oxygens (including phenoxy) is 1. The Bertz CT molecular complexity index is 1610. The Labute approximate surface area is 265 Å². The van der Waals surface area contributed by atoms with Crippen molar-refractivity contribution in [2.24, 2.45) is 5.41 Å². The van der Waals surface area contributed by atoms with Crippen molar-refractivity contribution in [2.45, 2.75) is 57.9 Å². The molecule has 2 aromatic carbocycles. The number of carbonyl (C=O) groups is 3. The van der Waals surface area contributed by atoms with Crippen LogP contribution in [0, 0.1) is 11.2 Å². The fraction of sp³-hybridized carbons (Fsp3) is 0.469. The molecule has 0 radical (unpaired) electrons. The van der Waals surface area contributed by atoms with Crippen molar-refractivity contribution in [3.8, 4) is 0 Å². The molecule has 3 aromatic rings. The maximum Gasteiger partial charge on any atom is 0.268 e. The Morgan fingerprint density at radius 2 is 1.82 bits per heavy atom. The number of hydrogen-bond acceptors (Lipinski definition) is 5. The number of rotatable bonds is 6. The molecule has 3 saturated heterocycles. The van der Waals surface area contributed by atoms with Crippen LogP contribution in [0.5, 0.6) is 0 Å². The number of halogens is 3. The second-order valence-corrected chi connectivity index (χ2v) is 13.9. The van der Waals surface area contributed by atoms with E-state index < -0.39 is 29.2 Å². The number of likely N-dealkylation sites (tertiary alicyclic amines) is 2. The van der Waals surface area contributed by atoms with Gasteiger partial charge in [0.05, 0.1) is 25.3 Å². The molecule has 3 amide bonds. The number of nitrogens with zero attached hydrogens (tertiary/aromatic N) is 3. The number of benzene rings is 2. The van der Waals surface area contributed by atoms with Gasteiger partial charge in [0.2, 0.25) is 11.8 Å². The monoisotopic (exact) mass is 643 g/mol. The number of aromatic nitrogens is 1. The van der Waals surface area contributed by atoms with Crippen LogP contribution in [0.4, 0.5) is 4.39 Å². The number of hydrogen-bond donors (Lipinski definition) is 2. The minimum Gasteiger partial charge on any atom is -0.378 e. The summed E-state index contributed by atoms with van der Waals surface area (Å²) in [6.45, 7) is 8.41. The average molecular weight is 645 g/mol. The maximum absolute atomic E-state index is 14.0. The van der Waals surface area contributed by atoms with E-state index in [0.717, 1.165) is 5.56 Å². The molecule has 9 nitrogen and oxygen atoms in total. The SMILES string of the molecule is CC(C)(C)[C@H](NC(=O)c1cc2cc(F)ccc2[nH]1)C(=O)N1C[C@@H]2C[C@H]1CN2C(=O)[C@H]1COCCN1Cc1cc(Cl)ccc1Cl. The molecule has 4 heterocycles. The van der Waals surface area contributed by atoms with Crippen molar-refractivity contribution in [1.82, 2.24) is 25.0 Å². The molecule has 2 bridgehead atoms. The van der Waals surface area contributed by atoms with Crippen molar-refractivity contribution in [3.05, 3.63) is 69.6 Å². The Kier molecular flexibility index (Phi) is 8.38. The van der Waals surface area contributed by atoms with E-state index in [1.54, 1.807) is 24.3 Å². The molecule has 6 rings (SSSR count). The average Bonchev–Trinajstić information content (AvgIpc) is 3.71. The number of fused-ring (bicyclic) bond motifs is 3. The second-order valence-electron chi connectivity index (χ2n) is 13.0. The van der Waals surface area contributed by atoms with E-state index in [-0.39, 0.29) is 36.2 Å². The van der Waals surface area contributed by atoms with Gasteiger partial charge in [-0.2, -0.15) is 0 Å². The number of piperazine rings is 1. The minimum absolute atomic E-state index is 0.0154. The fourth-order valence-electron chi connectivity index (χ4n) is 6.59. The zero-order valence-corrected chi connectivity index (χ0v) is 26.4. The lowest BCUT2D eigenvalue weighted by atomic mass is 9.85. The Morgan fingerprint density at radius 3 is 2.55 bits per heavy atom. The largest absolute Gasteiger partial charge is 0.378 e. The van der Waals surface area contributed by atoms with Crippen molar-refractivity contribution in [2.75, 3.05) is 32.8 Å². The van der Waals surface area contributed by atoms with Crippen molar-refractivity contribution >= 4 is 51.8 Å². The lowest BCUT2D eigenvalue weighted by Gasteiger charge is -2.42. The molecule has 0 aliphatic carbocycles. The molecule has 1 aromatic heterocycles. The molecule has 0 saturated carbocycles. The molecular weight excluding hydrogens is 608 g/mol. The van der Waals surface area contributed by atoms with E-state index in [0.29, 0.717) is 60.2 Å². The van der Waals surface area contributed by atoms with Gasteiger partial charge in [-0.25, -0.2) is 4.39 Å². The van der Waals surface area contributed by atoms with Crippen LogP contribution in [0.1, 0.15) is 43.2 Å². The molecule has 12 heteroatoms. The molecule has 234 valence electrons. The van der Waals surface area contributed by atoms with E-state index in [9.17, 15) is 18.8 Å². The first-order chi connectivity index (χ1) is 20.9. The van der Waals surface area contributed by atoms with Gasteiger partial charge in [-0.15, -0.1) is 0 Å². The molecule has 0 unspecified atom stereocenters. The van der Waals surface area contributed by atoms with Crippen LogP contribution in [0.25, 0.3) is 10.9 Å². The standard InChI is InChI=1S/C32H36Cl2FN5O4/c1-32(2,3)28(37-29(41)26-12-18-11-21(35)5-7-25(18)36-26)31(43)40-16-22-13-23(40)15-39(22)30(42)27-17-44-9-8-38(27)14-19-10-20(33)4-6-24(19)34/h4-7,10-12,22-23,27-28,36H,8-9,13-17H2,1-3H3,(H,37,41)/t22-,23-,27+,28+/m0/s1. The summed E-state index contributed by atoms with van der Waals surface area (Å²) in [5.74, 6) is -1.02. The molecule has 3 aliphatic rings. The molecular formula is C32H36Cl2FN5O4. The highest BCUT2D eigenvalue weighted by molar-refractivity contribution is 6.33. The van der Waals surface area contributed by atoms with Gasteiger partial charge in [0.1, 0.15) is 23.6 Å². The summed E-state index contributed by atoms with van der Waals surface area (Å²) in [4.78, 5) is 49.9. The highest BCUT2D eigenvalue weighted by Gasteiger charge is 2.51. The second kappa shape index (κ2) is 12.0. The Morgan fingerprint density at radius 1 is 1.07 bits per heavy atom. The van der Waals surface area contributed by atoms with Gasteiger partial charge in [-0.1, -0.05) is 44.0 Å². The third-order valence-electron chi connectivity index (χ3n) is 8.93. The van der Waals surface area contributed by atoms with Gasteiger partial charge in [-0.3, -0.25) is 19.3 Å². The summed E-state index contributed by atoms with van der Waals surface area (Å²) in [5.41, 5.74) is 1.16. The molecule has 4 atom stereocenters. The molecule has 44 heavy (non-hydrogen) atoms. The van der Waals surface area contributed by atoms with E-state index in [4.69, 9.17) is 27.9 Å². The minimum atomic E-state index is -0.800. The summed E-state index contributed by atoms with van der Waals surface area (Å²) in [7, 11) is 0. The summed E-state index contributed by atoms with van der Waals surface area (Å²) in [6, 6.07) is 9.64. The molecule has 2 N–H and O–H groups in total. The van der Waals surface area contributed by atoms with Crippen LogP contribution in [0.15, 0.2) is 42.5 Å². The van der Waals surface area contributed by atoms with Gasteiger partial charge in [-0.05, 0) is 59.9 Å². The highest BCUT2D eigenvalue weighted by Crippen LogP contribution is 2.35. The lowest BCUT2D eigenvalue weighted by molar-refractivity contribution is -0.149. The maximum atomic E-state index is 14.0. The van der Waals surface area contributed by atoms with E-state index in [1.807, 2.05) is 36.6 Å². The van der Waals surface area contributed by atoms with Gasteiger partial charge in [0.25, 0.3) is 5.91 Å². The van der Waals surface area contributed by atoms with Gasteiger partial charge in [0, 0.05) is 47.1 Å². The zero-order valence-electron chi connectivity index (χ0n) is 24.9. The Hall–Kier alpha value is -3.18. The highest BCUT2D eigenvalue weighted by atomic mass is 35.5. The van der Waals surface area contributed by atoms with Crippen molar-refractivity contribution in [1.29, 1.82) is 0 Å². The quantitative estimate of drug-likeness (QED) is 0.413. The summed E-state index contributed by atoms with van der Waals surface area (Å²) >= 11 is 12.6. The van der Waals surface area contributed by atoms with Gasteiger partial charge < -0.3 is 24.8 Å². The third-order valence-corrected chi connectivity index (χ3v) is 9.53. The lowest BCUT2D eigenvalue weighted by Crippen LogP contribution is -2.61. The zero-order chi connectivity index (χ0) is 31.3. The van der Waals surface area contributed by atoms with Crippen LogP contribution in [-0.2, 0) is 20.9 Å². The predicted molar refractivity (Wildman–Crippen MR) is 166 cm³/mol. The fourth-order valence-corrected chi connectivity index (χ4v) is 6.96. The third kappa shape index (κ3) is 6.05. The summed E-state index contributed by atoms with van der Waals surface area (Å²) in [5, 5.41) is 4.69. The first kappa shape index (κ1) is 30.8. The first-order valence-electron chi connectivity index (χ1n) is 14.8. The number of nitrogens with one attached hydrogen (secondary N) is 2. The first-order valence-corrected chi connectivity index (χ1v) is 15.6. The number of H-pyrrole nitrogens is 1. The molecule has 3 fully saturated rings. The van der Waals surface area contributed by atoms with Crippen molar-refractivity contribution in [3.63, 3.8) is 0 Å². The topological polar surface area (TPSA) is 98.0 Å². The van der Waals surface area contributed by atoms with Crippen LogP contribution in [-0.4, -0.2) is 94.4 Å². The van der Waals surface area contributed by atoms with Crippen LogP contribution < -0.4 is 5.32 Å². The van der Waals surface area contributed by atoms with E-state index in [2.05, 4.69) is 15.2 Å². The Balaban J connectivity index is 1.13. The van der Waals surface area contributed by atoms with Crippen LogP contribution >= 0.6 is 23.2 Å². The normalized spacial score (nSPS) is 22.9. The van der Waals surface area contributed by atoms with Gasteiger partial charge >= 0.3 is 0 Å².